The first-order valence-corrected chi connectivity index (χ1v) is 14.0. The number of carbonyl (C=O) groups is 2. The van der Waals surface area contributed by atoms with Gasteiger partial charge < -0.3 is 29.4 Å². The molecule has 0 amide bonds. The van der Waals surface area contributed by atoms with Crippen LogP contribution in [0.2, 0.25) is 5.02 Å². The molecule has 3 aromatic rings. The lowest BCUT2D eigenvalue weighted by Gasteiger charge is -2.37. The normalized spacial score (nSPS) is 18.2. The fraction of sp³-hybridized carbons (Fsp3) is 0.273. The Bertz CT molecular complexity index is 1550. The van der Waals surface area contributed by atoms with E-state index in [-0.39, 0.29) is 53.4 Å². The molecule has 0 radical (unpaired) electrons. The van der Waals surface area contributed by atoms with E-state index in [1.807, 2.05) is 54.6 Å². The van der Waals surface area contributed by atoms with Crippen LogP contribution in [0.1, 0.15) is 42.7 Å². The highest BCUT2D eigenvalue weighted by atomic mass is 35.5. The molecule has 3 aromatic carbocycles. The van der Waals surface area contributed by atoms with Crippen molar-refractivity contribution in [2.45, 2.75) is 31.6 Å². The highest BCUT2D eigenvalue weighted by Crippen LogP contribution is 2.48. The summed E-state index contributed by atoms with van der Waals surface area (Å²) in [4.78, 5) is 27.5. The monoisotopic (exact) mass is 589 g/mol. The van der Waals surface area contributed by atoms with Crippen LogP contribution in [0.25, 0.3) is 0 Å². The molecule has 0 fully saturated rings. The molecule has 8 nitrogen and oxygen atoms in total. The molecule has 9 heteroatoms. The van der Waals surface area contributed by atoms with Crippen molar-refractivity contribution >= 4 is 23.4 Å². The number of Topliss-reactive ketones (excluding diaryl/α,β-unsaturated/α-hetero) is 1. The highest BCUT2D eigenvalue weighted by Gasteiger charge is 2.42. The van der Waals surface area contributed by atoms with E-state index >= 15 is 0 Å². The summed E-state index contributed by atoms with van der Waals surface area (Å²) >= 11 is 6.38. The maximum Gasteiger partial charge on any atom is 0.336 e. The van der Waals surface area contributed by atoms with Crippen LogP contribution >= 0.6 is 11.6 Å². The van der Waals surface area contributed by atoms with Crippen molar-refractivity contribution in [1.82, 2.24) is 5.32 Å². The second kappa shape index (κ2) is 12.6. The highest BCUT2D eigenvalue weighted by molar-refractivity contribution is 6.32. The van der Waals surface area contributed by atoms with Crippen LogP contribution in [-0.2, 0) is 14.3 Å². The maximum absolute atomic E-state index is 13.9. The molecule has 2 N–H and O–H groups in total. The van der Waals surface area contributed by atoms with Crippen LogP contribution in [-0.4, -0.2) is 44.3 Å². The number of phenolic OH excluding ortho intramolecular Hbond substituents is 1. The van der Waals surface area contributed by atoms with Crippen molar-refractivity contribution in [3.63, 3.8) is 0 Å². The SMILES string of the molecule is COc1ccc([C@H]2CC(=O)C3=C(C2)NC(C)=C(C(=O)OCCOc2ccccc2)[C@@H]3c2cc(Cl)c(O)c(OC)c2)cc1. The molecular weight excluding hydrogens is 558 g/mol. The number of phenols is 1. The van der Waals surface area contributed by atoms with Crippen LogP contribution in [0, 0.1) is 0 Å². The third kappa shape index (κ3) is 5.94. The number of rotatable bonds is 9. The fourth-order valence-corrected chi connectivity index (χ4v) is 5.78. The Morgan fingerprint density at radius 3 is 2.38 bits per heavy atom. The van der Waals surface area contributed by atoms with Gasteiger partial charge in [-0.2, -0.15) is 0 Å². The summed E-state index contributed by atoms with van der Waals surface area (Å²) in [6.45, 7) is 1.96. The van der Waals surface area contributed by atoms with E-state index in [1.54, 1.807) is 26.2 Å². The Kier molecular flexibility index (Phi) is 8.73. The quantitative estimate of drug-likeness (QED) is 0.230. The van der Waals surface area contributed by atoms with Crippen LogP contribution < -0.4 is 19.5 Å². The molecule has 42 heavy (non-hydrogen) atoms. The number of hydrogen-bond donors (Lipinski definition) is 2. The fourth-order valence-electron chi connectivity index (χ4n) is 5.56. The van der Waals surface area contributed by atoms with E-state index in [0.29, 0.717) is 29.0 Å². The first-order chi connectivity index (χ1) is 20.3. The number of nitrogens with one attached hydrogen (secondary N) is 1. The van der Waals surface area contributed by atoms with Gasteiger partial charge in [0.1, 0.15) is 24.7 Å². The largest absolute Gasteiger partial charge is 0.503 e. The van der Waals surface area contributed by atoms with E-state index < -0.39 is 11.9 Å². The topological polar surface area (TPSA) is 103 Å². The van der Waals surface area contributed by atoms with Crippen LogP contribution in [0.4, 0.5) is 0 Å². The molecule has 0 bridgehead atoms. The summed E-state index contributed by atoms with van der Waals surface area (Å²) in [6, 6.07) is 20.1. The van der Waals surface area contributed by atoms with Gasteiger partial charge in [-0.3, -0.25) is 4.79 Å². The zero-order chi connectivity index (χ0) is 29.8. The van der Waals surface area contributed by atoms with Crippen molar-refractivity contribution in [2.75, 3.05) is 27.4 Å². The van der Waals surface area contributed by atoms with Gasteiger partial charge in [0.2, 0.25) is 0 Å². The molecular formula is C33H32ClNO7. The molecule has 0 unspecified atom stereocenters. The van der Waals surface area contributed by atoms with Crippen molar-refractivity contribution < 1.29 is 33.6 Å². The third-order valence-corrected chi connectivity index (χ3v) is 7.86. The zero-order valence-corrected chi connectivity index (χ0v) is 24.4. The minimum atomic E-state index is -0.778. The molecule has 1 heterocycles. The number of hydrogen-bond acceptors (Lipinski definition) is 8. The van der Waals surface area contributed by atoms with Crippen LogP contribution in [0.3, 0.4) is 0 Å². The Morgan fingerprint density at radius 2 is 1.69 bits per heavy atom. The number of halogens is 1. The lowest BCUT2D eigenvalue weighted by Crippen LogP contribution is -2.36. The van der Waals surface area contributed by atoms with Gasteiger partial charge in [-0.05, 0) is 66.8 Å². The molecule has 0 saturated heterocycles. The van der Waals surface area contributed by atoms with Gasteiger partial charge in [-0.15, -0.1) is 0 Å². The summed E-state index contributed by atoms with van der Waals surface area (Å²) in [6.07, 6.45) is 0.829. The minimum absolute atomic E-state index is 0.0102. The average molecular weight is 590 g/mol. The lowest BCUT2D eigenvalue weighted by atomic mass is 9.71. The Balaban J connectivity index is 1.47. The standard InChI is InChI=1S/C33H32ClNO7/c1-19-29(33(38)42-14-13-41-24-7-5-4-6-8-24)30(22-15-25(34)32(37)28(18-22)40-3)31-26(35-19)16-21(17-27(31)36)20-9-11-23(39-2)12-10-20/h4-12,15,18,21,30,35,37H,13-14,16-17H2,1-3H3/t21-,30+/m1/s1. The van der Waals surface area contributed by atoms with Gasteiger partial charge in [0.25, 0.3) is 0 Å². The van der Waals surface area contributed by atoms with Gasteiger partial charge >= 0.3 is 5.97 Å². The van der Waals surface area contributed by atoms with Gasteiger partial charge in [0.05, 0.1) is 24.8 Å². The Hall–Kier alpha value is -4.43. The average Bonchev–Trinajstić information content (AvgIpc) is 3.00. The summed E-state index contributed by atoms with van der Waals surface area (Å²) in [5, 5.41) is 13.8. The van der Waals surface area contributed by atoms with Gasteiger partial charge in [0, 0.05) is 29.3 Å². The predicted molar refractivity (Wildman–Crippen MR) is 158 cm³/mol. The number of benzene rings is 3. The summed E-state index contributed by atoms with van der Waals surface area (Å²) < 4.78 is 21.9. The first kappa shape index (κ1) is 29.1. The minimum Gasteiger partial charge on any atom is -0.503 e. The van der Waals surface area contributed by atoms with Gasteiger partial charge in [-0.1, -0.05) is 41.9 Å². The molecule has 1 aliphatic carbocycles. The number of ketones is 1. The summed E-state index contributed by atoms with van der Waals surface area (Å²) in [7, 11) is 3.03. The first-order valence-electron chi connectivity index (χ1n) is 13.6. The predicted octanol–water partition coefficient (Wildman–Crippen LogP) is 6.05. The molecule has 1 aliphatic heterocycles. The van der Waals surface area contributed by atoms with Crippen molar-refractivity contribution in [3.05, 3.63) is 105 Å². The van der Waals surface area contributed by atoms with E-state index in [0.717, 1.165) is 17.0 Å². The molecule has 0 aromatic heterocycles. The summed E-state index contributed by atoms with van der Waals surface area (Å²) in [5.41, 5.74) is 3.62. The summed E-state index contributed by atoms with van der Waals surface area (Å²) in [5.74, 6) is -0.177. The van der Waals surface area contributed by atoms with E-state index in [9.17, 15) is 14.7 Å². The number of ether oxygens (including phenoxy) is 4. The van der Waals surface area contributed by atoms with Crippen molar-refractivity contribution in [2.24, 2.45) is 0 Å². The number of esters is 1. The number of aromatic hydroxyl groups is 1. The van der Waals surface area contributed by atoms with Crippen molar-refractivity contribution in [3.8, 4) is 23.0 Å². The Morgan fingerprint density at radius 1 is 0.952 bits per heavy atom. The number of allylic oxidation sites excluding steroid dienone is 3. The number of methoxy groups -OCH3 is 2. The lowest BCUT2D eigenvalue weighted by molar-refractivity contribution is -0.140. The smallest absolute Gasteiger partial charge is 0.336 e. The molecule has 5 rings (SSSR count). The number of dihydropyridines is 1. The second-order valence-electron chi connectivity index (χ2n) is 10.1. The molecule has 2 aliphatic rings. The molecule has 2 atom stereocenters. The van der Waals surface area contributed by atoms with E-state index in [1.165, 1.54) is 7.11 Å². The Labute approximate surface area is 249 Å². The second-order valence-corrected chi connectivity index (χ2v) is 10.5. The van der Waals surface area contributed by atoms with E-state index in [4.69, 9.17) is 30.5 Å². The van der Waals surface area contributed by atoms with E-state index in [2.05, 4.69) is 5.32 Å². The molecule has 0 saturated carbocycles. The van der Waals surface area contributed by atoms with Gasteiger partial charge in [0.15, 0.2) is 17.3 Å². The molecule has 0 spiro atoms. The van der Waals surface area contributed by atoms with Crippen LogP contribution in [0.15, 0.2) is 89.3 Å². The molecule has 218 valence electrons. The zero-order valence-electron chi connectivity index (χ0n) is 23.6. The van der Waals surface area contributed by atoms with Crippen molar-refractivity contribution in [1.29, 1.82) is 0 Å². The number of carbonyl (C=O) groups excluding carboxylic acids is 2. The third-order valence-electron chi connectivity index (χ3n) is 7.57. The van der Waals surface area contributed by atoms with Gasteiger partial charge in [-0.25, -0.2) is 4.79 Å². The maximum atomic E-state index is 13.9. The number of para-hydroxylation sites is 1. The van der Waals surface area contributed by atoms with Crippen LogP contribution in [0.5, 0.6) is 23.0 Å².